The highest BCUT2D eigenvalue weighted by Gasteiger charge is 2.10. The predicted molar refractivity (Wildman–Crippen MR) is 156 cm³/mol. The maximum absolute atomic E-state index is 6.12. The molecule has 0 spiro atoms. The number of nitrogens with zero attached hydrogens (tertiary/aromatic N) is 3. The largest absolute Gasteiger partial charge is 0.382 e. The molecule has 2 atom stereocenters. The number of halogens is 2. The van der Waals surface area contributed by atoms with E-state index >= 15 is 0 Å². The summed E-state index contributed by atoms with van der Waals surface area (Å²) in [7, 11) is 2.22. The lowest BCUT2D eigenvalue weighted by Crippen LogP contribution is -2.25. The van der Waals surface area contributed by atoms with Crippen LogP contribution in [0.4, 0.5) is 11.4 Å². The Morgan fingerprint density at radius 3 is 1.61 bits per heavy atom. The minimum absolute atomic E-state index is 0.383. The number of nitrogens with one attached hydrogen (secondary N) is 2. The Bertz CT molecular complexity index is 1200. The van der Waals surface area contributed by atoms with E-state index in [0.29, 0.717) is 22.1 Å². The molecule has 36 heavy (non-hydrogen) atoms. The molecule has 2 heterocycles. The van der Waals surface area contributed by atoms with Gasteiger partial charge in [0.15, 0.2) is 0 Å². The Morgan fingerprint density at radius 2 is 1.17 bits per heavy atom. The van der Waals surface area contributed by atoms with Gasteiger partial charge in [-0.1, -0.05) is 23.2 Å². The topological polar surface area (TPSA) is 53.1 Å². The molecule has 0 saturated heterocycles. The van der Waals surface area contributed by atoms with E-state index in [1.807, 2.05) is 60.9 Å². The van der Waals surface area contributed by atoms with Crippen LogP contribution in [0, 0.1) is 0 Å². The summed E-state index contributed by atoms with van der Waals surface area (Å²) in [5.41, 5.74) is 4.07. The lowest BCUT2D eigenvalue weighted by Gasteiger charge is -2.21. The van der Waals surface area contributed by atoms with Crippen molar-refractivity contribution < 1.29 is 0 Å². The van der Waals surface area contributed by atoms with Gasteiger partial charge in [0.1, 0.15) is 0 Å². The Morgan fingerprint density at radius 1 is 0.722 bits per heavy atom. The van der Waals surface area contributed by atoms with Crippen LogP contribution < -0.4 is 10.6 Å². The first kappa shape index (κ1) is 26.5. The summed E-state index contributed by atoms with van der Waals surface area (Å²) in [6, 6.07) is 16.6. The van der Waals surface area contributed by atoms with Gasteiger partial charge in [-0.15, -0.1) is 0 Å². The Labute approximate surface area is 224 Å². The molecule has 0 aliphatic rings. The summed E-state index contributed by atoms with van der Waals surface area (Å²) >= 11 is 12.2. The molecule has 0 bridgehead atoms. The summed E-state index contributed by atoms with van der Waals surface area (Å²) in [6.07, 6.45) is 8.20. The summed E-state index contributed by atoms with van der Waals surface area (Å²) in [5, 5.41) is 10.9. The Kier molecular flexibility index (Phi) is 9.24. The third-order valence-electron chi connectivity index (χ3n) is 6.57. The molecular weight excluding hydrogens is 489 g/mol. The second kappa shape index (κ2) is 12.6. The van der Waals surface area contributed by atoms with Gasteiger partial charge in [-0.05, 0) is 108 Å². The standard InChI is InChI=1S/C29H35Cl2N5/c1-20(34-26-12-14-32-28-18-22(30)8-10-24(26)28)6-4-16-36(3)17-5-7-21(2)35-27-13-15-33-29-19-23(31)9-11-25(27)29/h8-15,18-21H,4-7,16-17H2,1-3H3,(H,32,34)(H,33,35)/t20-,21-/m0/s1. The van der Waals surface area contributed by atoms with Crippen LogP contribution in [0.1, 0.15) is 39.5 Å². The molecular formula is C29H35Cl2N5. The number of benzene rings is 2. The first-order valence-corrected chi connectivity index (χ1v) is 13.4. The SMILES string of the molecule is C[C@@H](CCCN(C)CCC[C@H](C)Nc1ccnc2cc(Cl)ccc12)Nc1ccnc2cc(Cl)ccc12. The smallest absolute Gasteiger partial charge is 0.0737 e. The van der Waals surface area contributed by atoms with Crippen LogP contribution in [0.15, 0.2) is 60.9 Å². The Balaban J connectivity index is 1.16. The van der Waals surface area contributed by atoms with E-state index in [1.54, 1.807) is 0 Å². The van der Waals surface area contributed by atoms with Gasteiger partial charge >= 0.3 is 0 Å². The monoisotopic (exact) mass is 523 g/mol. The summed E-state index contributed by atoms with van der Waals surface area (Å²) in [4.78, 5) is 11.3. The van der Waals surface area contributed by atoms with E-state index in [4.69, 9.17) is 23.2 Å². The minimum atomic E-state index is 0.383. The molecule has 0 radical (unpaired) electrons. The second-order valence-corrected chi connectivity index (χ2v) is 10.6. The first-order chi connectivity index (χ1) is 17.4. The average Bonchev–Trinajstić information content (AvgIpc) is 2.84. The molecule has 190 valence electrons. The Hall–Kier alpha value is -2.60. The summed E-state index contributed by atoms with van der Waals surface area (Å²) < 4.78 is 0. The van der Waals surface area contributed by atoms with Crippen molar-refractivity contribution in [1.29, 1.82) is 0 Å². The summed E-state index contributed by atoms with van der Waals surface area (Å²) in [6.45, 7) is 6.67. The van der Waals surface area contributed by atoms with Crippen molar-refractivity contribution in [1.82, 2.24) is 14.9 Å². The quantitative estimate of drug-likeness (QED) is 0.197. The molecule has 4 aromatic rings. The third-order valence-corrected chi connectivity index (χ3v) is 7.04. The lowest BCUT2D eigenvalue weighted by molar-refractivity contribution is 0.314. The fourth-order valence-corrected chi connectivity index (χ4v) is 4.95. The number of hydrogen-bond acceptors (Lipinski definition) is 5. The number of hydrogen-bond donors (Lipinski definition) is 2. The number of aromatic nitrogens is 2. The molecule has 0 fully saturated rings. The maximum Gasteiger partial charge on any atom is 0.0737 e. The van der Waals surface area contributed by atoms with Gasteiger partial charge in [0.25, 0.3) is 0 Å². The fraction of sp³-hybridized carbons (Fsp3) is 0.379. The van der Waals surface area contributed by atoms with Gasteiger partial charge in [0, 0.05) is 56.7 Å². The highest BCUT2D eigenvalue weighted by Crippen LogP contribution is 2.26. The van der Waals surface area contributed by atoms with Gasteiger partial charge in [0.2, 0.25) is 0 Å². The average molecular weight is 525 g/mol. The van der Waals surface area contributed by atoms with Crippen molar-refractivity contribution in [2.24, 2.45) is 0 Å². The minimum Gasteiger partial charge on any atom is -0.382 e. The van der Waals surface area contributed by atoms with E-state index in [0.717, 1.165) is 72.0 Å². The van der Waals surface area contributed by atoms with Crippen LogP contribution in [-0.2, 0) is 0 Å². The van der Waals surface area contributed by atoms with Crippen LogP contribution in [0.5, 0.6) is 0 Å². The normalized spacial score (nSPS) is 13.3. The van der Waals surface area contributed by atoms with Crippen LogP contribution in [0.25, 0.3) is 21.8 Å². The lowest BCUT2D eigenvalue weighted by atomic mass is 10.1. The zero-order valence-electron chi connectivity index (χ0n) is 21.3. The zero-order valence-corrected chi connectivity index (χ0v) is 22.8. The highest BCUT2D eigenvalue weighted by molar-refractivity contribution is 6.31. The molecule has 2 N–H and O–H groups in total. The van der Waals surface area contributed by atoms with E-state index in [-0.39, 0.29) is 0 Å². The number of rotatable bonds is 12. The van der Waals surface area contributed by atoms with Crippen molar-refractivity contribution in [2.75, 3.05) is 30.8 Å². The molecule has 0 aliphatic carbocycles. The van der Waals surface area contributed by atoms with Crippen LogP contribution in [0.2, 0.25) is 10.0 Å². The molecule has 0 amide bonds. The van der Waals surface area contributed by atoms with Crippen molar-refractivity contribution in [2.45, 2.75) is 51.6 Å². The van der Waals surface area contributed by atoms with E-state index in [1.165, 1.54) is 0 Å². The fourth-order valence-electron chi connectivity index (χ4n) is 4.62. The highest BCUT2D eigenvalue weighted by atomic mass is 35.5. The van der Waals surface area contributed by atoms with Gasteiger partial charge in [-0.3, -0.25) is 9.97 Å². The van der Waals surface area contributed by atoms with Crippen molar-refractivity contribution in [3.63, 3.8) is 0 Å². The third kappa shape index (κ3) is 7.22. The van der Waals surface area contributed by atoms with Crippen molar-refractivity contribution in [3.05, 3.63) is 71.0 Å². The van der Waals surface area contributed by atoms with Gasteiger partial charge in [-0.2, -0.15) is 0 Å². The van der Waals surface area contributed by atoms with Gasteiger partial charge in [0.05, 0.1) is 11.0 Å². The number of anilines is 2. The van der Waals surface area contributed by atoms with E-state index in [2.05, 4.69) is 46.4 Å². The van der Waals surface area contributed by atoms with Crippen LogP contribution in [0.3, 0.4) is 0 Å². The van der Waals surface area contributed by atoms with Crippen molar-refractivity contribution >= 4 is 56.4 Å². The molecule has 0 unspecified atom stereocenters. The molecule has 4 rings (SSSR count). The molecule has 0 aliphatic heterocycles. The molecule has 7 heteroatoms. The van der Waals surface area contributed by atoms with Crippen LogP contribution in [-0.4, -0.2) is 47.1 Å². The molecule has 2 aromatic heterocycles. The molecule has 5 nitrogen and oxygen atoms in total. The molecule has 2 aromatic carbocycles. The number of fused-ring (bicyclic) bond motifs is 2. The molecule has 0 saturated carbocycles. The van der Waals surface area contributed by atoms with E-state index < -0.39 is 0 Å². The second-order valence-electron chi connectivity index (χ2n) is 9.72. The zero-order chi connectivity index (χ0) is 25.5. The number of pyridine rings is 2. The first-order valence-electron chi connectivity index (χ1n) is 12.7. The van der Waals surface area contributed by atoms with Gasteiger partial charge in [-0.25, -0.2) is 0 Å². The van der Waals surface area contributed by atoms with Crippen LogP contribution >= 0.6 is 23.2 Å². The summed E-state index contributed by atoms with van der Waals surface area (Å²) in [5.74, 6) is 0. The van der Waals surface area contributed by atoms with Gasteiger partial charge < -0.3 is 15.5 Å². The maximum atomic E-state index is 6.12. The van der Waals surface area contributed by atoms with Crippen molar-refractivity contribution in [3.8, 4) is 0 Å². The van der Waals surface area contributed by atoms with E-state index in [9.17, 15) is 0 Å². The predicted octanol–water partition coefficient (Wildman–Crippen LogP) is 7.88.